The van der Waals surface area contributed by atoms with Crippen molar-refractivity contribution in [3.8, 4) is 17.2 Å². The zero-order valence-corrected chi connectivity index (χ0v) is 23.0. The van der Waals surface area contributed by atoms with E-state index in [1.165, 1.54) is 30.3 Å². The van der Waals surface area contributed by atoms with Gasteiger partial charge in [0, 0.05) is 18.2 Å². The van der Waals surface area contributed by atoms with Crippen molar-refractivity contribution in [2.75, 3.05) is 39.6 Å². The molecular formula is C30H36F2O9. The summed E-state index contributed by atoms with van der Waals surface area (Å²) in [5.74, 6) is -1.73. The van der Waals surface area contributed by atoms with Crippen LogP contribution in [0, 0.1) is 0 Å². The maximum Gasteiger partial charge on any atom is 0.426 e. The van der Waals surface area contributed by atoms with Gasteiger partial charge in [-0.2, -0.15) is 8.78 Å². The fraction of sp³-hybridized carbons (Fsp3) is 0.400. The highest BCUT2D eigenvalue weighted by Crippen LogP contribution is 2.36. The highest BCUT2D eigenvalue weighted by molar-refractivity contribution is 5.88. The quantitative estimate of drug-likeness (QED) is 0.141. The Bertz CT molecular complexity index is 1110. The minimum Gasteiger partial charge on any atom is -0.490 e. The normalized spacial score (nSPS) is 11.0. The molecule has 0 saturated heterocycles. The van der Waals surface area contributed by atoms with E-state index >= 15 is 8.78 Å². The van der Waals surface area contributed by atoms with Crippen molar-refractivity contribution in [3.05, 3.63) is 77.9 Å². The van der Waals surface area contributed by atoms with Gasteiger partial charge in [-0.05, 0) is 30.5 Å². The Labute approximate surface area is 237 Å². The van der Waals surface area contributed by atoms with Gasteiger partial charge in [0.1, 0.15) is 43.7 Å². The van der Waals surface area contributed by atoms with Crippen LogP contribution < -0.4 is 14.2 Å². The molecular weight excluding hydrogens is 542 g/mol. The lowest BCUT2D eigenvalue weighted by atomic mass is 10.1. The predicted molar refractivity (Wildman–Crippen MR) is 146 cm³/mol. The number of halogens is 2. The van der Waals surface area contributed by atoms with Crippen molar-refractivity contribution in [1.82, 2.24) is 0 Å². The molecule has 2 rings (SSSR count). The SMILES string of the molecule is C=C(CO)C(=O)OCCOc1cc(OCCOC(=O)C(=C)CO)cc(OC(F)(F)c2ccc(CCCCC)cc2)c1. The standard InChI is InChI=1S/C30H36F2O9/c1-4-5-6-7-23-8-10-24(11-9-23)30(31,32)41-27-17-25(37-12-14-39-28(35)21(2)19-33)16-26(18-27)38-13-15-40-29(36)22(3)20-34/h8-11,16-18,33-34H,2-7,12-15,19-20H2,1H3. The summed E-state index contributed by atoms with van der Waals surface area (Å²) in [5, 5.41) is 17.9. The number of hydrogen-bond donors (Lipinski definition) is 2. The van der Waals surface area contributed by atoms with Crippen molar-refractivity contribution in [2.45, 2.75) is 38.7 Å². The Morgan fingerprint density at radius 2 is 1.27 bits per heavy atom. The molecule has 0 heterocycles. The van der Waals surface area contributed by atoms with Gasteiger partial charge in [0.2, 0.25) is 0 Å². The average molecular weight is 579 g/mol. The predicted octanol–water partition coefficient (Wildman–Crippen LogP) is 4.49. The first-order valence-electron chi connectivity index (χ1n) is 13.1. The summed E-state index contributed by atoms with van der Waals surface area (Å²) in [6.45, 7) is 6.99. The fourth-order valence-corrected chi connectivity index (χ4v) is 3.34. The summed E-state index contributed by atoms with van der Waals surface area (Å²) in [5.41, 5.74) is 0.360. The lowest BCUT2D eigenvalue weighted by Crippen LogP contribution is -2.22. The Balaban J connectivity index is 2.12. The molecule has 0 aromatic heterocycles. The van der Waals surface area contributed by atoms with Crippen molar-refractivity contribution in [2.24, 2.45) is 0 Å². The van der Waals surface area contributed by atoms with Gasteiger partial charge >= 0.3 is 18.0 Å². The fourth-order valence-electron chi connectivity index (χ4n) is 3.34. The smallest absolute Gasteiger partial charge is 0.426 e. The first kappa shape index (κ1) is 33.2. The van der Waals surface area contributed by atoms with E-state index in [4.69, 9.17) is 33.9 Å². The van der Waals surface area contributed by atoms with E-state index in [1.54, 1.807) is 12.1 Å². The van der Waals surface area contributed by atoms with E-state index in [-0.39, 0.29) is 60.4 Å². The van der Waals surface area contributed by atoms with Crippen LogP contribution in [0.3, 0.4) is 0 Å². The summed E-state index contributed by atoms with van der Waals surface area (Å²) >= 11 is 0. The number of aliphatic hydroxyl groups excluding tert-OH is 2. The summed E-state index contributed by atoms with van der Waals surface area (Å²) < 4.78 is 56.1. The minimum atomic E-state index is -3.68. The third-order valence-electron chi connectivity index (χ3n) is 5.59. The van der Waals surface area contributed by atoms with Gasteiger partial charge < -0.3 is 33.9 Å². The number of carbonyl (C=O) groups is 2. The van der Waals surface area contributed by atoms with Gasteiger partial charge in [0.15, 0.2) is 0 Å². The van der Waals surface area contributed by atoms with Crippen LogP contribution in [0.4, 0.5) is 8.78 Å². The molecule has 0 aliphatic carbocycles. The van der Waals surface area contributed by atoms with Crippen LogP contribution in [-0.2, 0) is 31.6 Å². The van der Waals surface area contributed by atoms with E-state index in [0.29, 0.717) is 0 Å². The van der Waals surface area contributed by atoms with Crippen LogP contribution in [0.1, 0.15) is 37.3 Å². The zero-order valence-electron chi connectivity index (χ0n) is 23.0. The third kappa shape index (κ3) is 11.6. The lowest BCUT2D eigenvalue weighted by Gasteiger charge is -2.20. The number of esters is 2. The third-order valence-corrected chi connectivity index (χ3v) is 5.59. The summed E-state index contributed by atoms with van der Waals surface area (Å²) in [6.07, 6.45) is 0.215. The molecule has 0 bridgehead atoms. The molecule has 0 fully saturated rings. The van der Waals surface area contributed by atoms with Crippen molar-refractivity contribution in [3.63, 3.8) is 0 Å². The number of hydrogen-bond acceptors (Lipinski definition) is 9. The molecule has 0 atom stereocenters. The number of carbonyl (C=O) groups excluding carboxylic acids is 2. The monoisotopic (exact) mass is 578 g/mol. The first-order chi connectivity index (χ1) is 19.6. The number of rotatable bonds is 19. The van der Waals surface area contributed by atoms with Gasteiger partial charge in [0.05, 0.1) is 29.9 Å². The van der Waals surface area contributed by atoms with Crippen molar-refractivity contribution < 1.29 is 52.3 Å². The molecule has 2 aromatic carbocycles. The Morgan fingerprint density at radius 1 is 0.780 bits per heavy atom. The number of benzene rings is 2. The Hall–Kier alpha value is -3.96. The minimum absolute atomic E-state index is 0.0715. The molecule has 0 aliphatic rings. The molecule has 0 saturated carbocycles. The molecule has 224 valence electrons. The number of alkyl halides is 2. The molecule has 0 aliphatic heterocycles. The van der Waals surface area contributed by atoms with Crippen LogP contribution in [0.5, 0.6) is 17.2 Å². The van der Waals surface area contributed by atoms with E-state index in [1.807, 2.05) is 0 Å². The molecule has 0 amide bonds. The molecule has 0 unspecified atom stereocenters. The van der Waals surface area contributed by atoms with E-state index in [0.717, 1.165) is 31.2 Å². The molecule has 9 nitrogen and oxygen atoms in total. The van der Waals surface area contributed by atoms with Crippen LogP contribution in [0.2, 0.25) is 0 Å². The van der Waals surface area contributed by atoms with Gasteiger partial charge in [-0.1, -0.05) is 45.1 Å². The number of aliphatic hydroxyl groups is 2. The van der Waals surface area contributed by atoms with Crippen LogP contribution >= 0.6 is 0 Å². The van der Waals surface area contributed by atoms with Crippen molar-refractivity contribution >= 4 is 11.9 Å². The summed E-state index contributed by atoms with van der Waals surface area (Å²) in [7, 11) is 0. The number of aryl methyl sites for hydroxylation is 1. The molecule has 0 spiro atoms. The molecule has 0 radical (unpaired) electrons. The second-order valence-electron chi connectivity index (χ2n) is 8.91. The lowest BCUT2D eigenvalue weighted by molar-refractivity contribution is -0.185. The topological polar surface area (TPSA) is 121 Å². The summed E-state index contributed by atoms with van der Waals surface area (Å²) in [4.78, 5) is 23.2. The second kappa shape index (κ2) is 17.0. The molecule has 2 aromatic rings. The van der Waals surface area contributed by atoms with Crippen LogP contribution in [0.15, 0.2) is 66.8 Å². The number of ether oxygens (including phenoxy) is 5. The Morgan fingerprint density at radius 3 is 1.73 bits per heavy atom. The highest BCUT2D eigenvalue weighted by atomic mass is 19.3. The first-order valence-corrected chi connectivity index (χ1v) is 13.1. The Kier molecular flexibility index (Phi) is 13.8. The average Bonchev–Trinajstić information content (AvgIpc) is 2.96. The highest BCUT2D eigenvalue weighted by Gasteiger charge is 2.34. The van der Waals surface area contributed by atoms with Gasteiger partial charge in [-0.3, -0.25) is 0 Å². The van der Waals surface area contributed by atoms with Crippen LogP contribution in [0.25, 0.3) is 0 Å². The zero-order chi connectivity index (χ0) is 30.3. The molecule has 11 heteroatoms. The van der Waals surface area contributed by atoms with Gasteiger partial charge in [-0.15, -0.1) is 0 Å². The van der Waals surface area contributed by atoms with Gasteiger partial charge in [-0.25, -0.2) is 9.59 Å². The van der Waals surface area contributed by atoms with Crippen LogP contribution in [-0.4, -0.2) is 61.8 Å². The van der Waals surface area contributed by atoms with E-state index in [2.05, 4.69) is 20.1 Å². The van der Waals surface area contributed by atoms with E-state index < -0.39 is 31.3 Å². The number of unbranched alkanes of at least 4 members (excludes halogenated alkanes) is 2. The van der Waals surface area contributed by atoms with E-state index in [9.17, 15) is 9.59 Å². The van der Waals surface area contributed by atoms with Gasteiger partial charge in [0.25, 0.3) is 0 Å². The maximum absolute atomic E-state index is 15.1. The second-order valence-corrected chi connectivity index (χ2v) is 8.91. The molecule has 41 heavy (non-hydrogen) atoms. The summed E-state index contributed by atoms with van der Waals surface area (Å²) in [6, 6.07) is 9.77. The van der Waals surface area contributed by atoms with Crippen molar-refractivity contribution in [1.29, 1.82) is 0 Å². The molecule has 2 N–H and O–H groups in total. The maximum atomic E-state index is 15.1. The largest absolute Gasteiger partial charge is 0.490 e.